The highest BCUT2D eigenvalue weighted by Crippen LogP contribution is 2.31. The van der Waals surface area contributed by atoms with Gasteiger partial charge in [-0.1, -0.05) is 39.8 Å². The van der Waals surface area contributed by atoms with Gasteiger partial charge in [-0.05, 0) is 42.4 Å². The SMILES string of the molecule is CC(C)C(O)(CCc1cccc(OCCN)c1)C(C)C. The molecule has 1 aromatic rings. The van der Waals surface area contributed by atoms with E-state index < -0.39 is 5.60 Å². The van der Waals surface area contributed by atoms with E-state index in [1.165, 1.54) is 5.56 Å². The van der Waals surface area contributed by atoms with Gasteiger partial charge in [-0.2, -0.15) is 0 Å². The second-order valence-corrected chi connectivity index (χ2v) is 6.09. The average molecular weight is 279 g/mol. The summed E-state index contributed by atoms with van der Waals surface area (Å²) < 4.78 is 5.54. The van der Waals surface area contributed by atoms with Gasteiger partial charge < -0.3 is 15.6 Å². The van der Waals surface area contributed by atoms with E-state index in [0.717, 1.165) is 18.6 Å². The summed E-state index contributed by atoms with van der Waals surface area (Å²) in [4.78, 5) is 0. The number of rotatable bonds is 8. The maximum atomic E-state index is 10.8. The predicted molar refractivity (Wildman–Crippen MR) is 83.9 cm³/mol. The summed E-state index contributed by atoms with van der Waals surface area (Å²) in [7, 11) is 0. The lowest BCUT2D eigenvalue weighted by Crippen LogP contribution is -2.41. The van der Waals surface area contributed by atoms with Crippen molar-refractivity contribution < 1.29 is 9.84 Å². The molecule has 0 saturated heterocycles. The Morgan fingerprint density at radius 3 is 2.40 bits per heavy atom. The van der Waals surface area contributed by atoms with Crippen LogP contribution in [0.5, 0.6) is 5.75 Å². The van der Waals surface area contributed by atoms with Crippen molar-refractivity contribution in [2.45, 2.75) is 46.1 Å². The molecule has 1 aromatic carbocycles. The fourth-order valence-electron chi connectivity index (χ4n) is 2.56. The molecule has 20 heavy (non-hydrogen) atoms. The molecule has 0 radical (unpaired) electrons. The van der Waals surface area contributed by atoms with Gasteiger partial charge in [0.25, 0.3) is 0 Å². The van der Waals surface area contributed by atoms with Crippen LogP contribution in [0.1, 0.15) is 39.7 Å². The van der Waals surface area contributed by atoms with Crippen molar-refractivity contribution in [1.82, 2.24) is 0 Å². The van der Waals surface area contributed by atoms with Crippen molar-refractivity contribution in [3.63, 3.8) is 0 Å². The molecular weight excluding hydrogens is 250 g/mol. The largest absolute Gasteiger partial charge is 0.492 e. The summed E-state index contributed by atoms with van der Waals surface area (Å²) >= 11 is 0. The first-order chi connectivity index (χ1) is 9.40. The molecule has 3 nitrogen and oxygen atoms in total. The molecular formula is C17H29NO2. The zero-order valence-electron chi connectivity index (χ0n) is 13.2. The molecule has 3 N–H and O–H groups in total. The first-order valence-corrected chi connectivity index (χ1v) is 7.54. The van der Waals surface area contributed by atoms with Crippen molar-refractivity contribution in [3.8, 4) is 5.75 Å². The Labute approximate surface area is 123 Å². The smallest absolute Gasteiger partial charge is 0.119 e. The molecule has 0 spiro atoms. The molecule has 0 aliphatic rings. The van der Waals surface area contributed by atoms with Crippen molar-refractivity contribution in [3.05, 3.63) is 29.8 Å². The Bertz CT molecular complexity index is 394. The first-order valence-electron chi connectivity index (χ1n) is 7.54. The van der Waals surface area contributed by atoms with Crippen LogP contribution < -0.4 is 10.5 Å². The third kappa shape index (κ3) is 4.50. The van der Waals surface area contributed by atoms with Crippen molar-refractivity contribution in [2.24, 2.45) is 17.6 Å². The van der Waals surface area contributed by atoms with Crippen LogP contribution in [0.2, 0.25) is 0 Å². The Kier molecular flexibility index (Phi) is 6.50. The zero-order valence-corrected chi connectivity index (χ0v) is 13.2. The van der Waals surface area contributed by atoms with E-state index in [2.05, 4.69) is 33.8 Å². The molecule has 0 saturated carbocycles. The van der Waals surface area contributed by atoms with Gasteiger partial charge in [0.2, 0.25) is 0 Å². The summed E-state index contributed by atoms with van der Waals surface area (Å²) in [5, 5.41) is 10.8. The van der Waals surface area contributed by atoms with Gasteiger partial charge in [0, 0.05) is 6.54 Å². The molecule has 1 rings (SSSR count). The first kappa shape index (κ1) is 17.0. The molecule has 0 atom stereocenters. The molecule has 0 amide bonds. The summed E-state index contributed by atoms with van der Waals surface area (Å²) in [5.41, 5.74) is 6.02. The third-order valence-electron chi connectivity index (χ3n) is 4.10. The quantitative estimate of drug-likeness (QED) is 0.769. The highest BCUT2D eigenvalue weighted by Gasteiger charge is 2.33. The maximum Gasteiger partial charge on any atom is 0.119 e. The summed E-state index contributed by atoms with van der Waals surface area (Å²) in [6.07, 6.45) is 1.62. The minimum Gasteiger partial charge on any atom is -0.492 e. The minimum atomic E-state index is -0.617. The lowest BCUT2D eigenvalue weighted by atomic mass is 9.76. The number of aliphatic hydroxyl groups is 1. The minimum absolute atomic E-state index is 0.249. The fraction of sp³-hybridized carbons (Fsp3) is 0.647. The van der Waals surface area contributed by atoms with Gasteiger partial charge in [-0.15, -0.1) is 0 Å². The average Bonchev–Trinajstić information content (AvgIpc) is 2.42. The van der Waals surface area contributed by atoms with Crippen LogP contribution in [0.4, 0.5) is 0 Å². The summed E-state index contributed by atoms with van der Waals surface area (Å²) in [6.45, 7) is 9.39. The van der Waals surface area contributed by atoms with E-state index in [-0.39, 0.29) is 11.8 Å². The molecule has 114 valence electrons. The molecule has 0 aliphatic heterocycles. The summed E-state index contributed by atoms with van der Waals surface area (Å²) in [5.74, 6) is 1.35. The van der Waals surface area contributed by atoms with Crippen LogP contribution in [0.25, 0.3) is 0 Å². The Morgan fingerprint density at radius 1 is 1.20 bits per heavy atom. The number of ether oxygens (including phenoxy) is 1. The van der Waals surface area contributed by atoms with Crippen LogP contribution >= 0.6 is 0 Å². The monoisotopic (exact) mass is 279 g/mol. The third-order valence-corrected chi connectivity index (χ3v) is 4.10. The van der Waals surface area contributed by atoms with Crippen LogP contribution in [0, 0.1) is 11.8 Å². The van der Waals surface area contributed by atoms with E-state index >= 15 is 0 Å². The molecule has 0 bridgehead atoms. The number of aryl methyl sites for hydroxylation is 1. The molecule has 3 heteroatoms. The summed E-state index contributed by atoms with van der Waals surface area (Å²) in [6, 6.07) is 8.05. The van der Waals surface area contributed by atoms with Crippen LogP contribution in [0.15, 0.2) is 24.3 Å². The number of benzene rings is 1. The highest BCUT2D eigenvalue weighted by molar-refractivity contribution is 5.28. The molecule has 0 aromatic heterocycles. The van der Waals surface area contributed by atoms with Gasteiger partial charge in [0.1, 0.15) is 12.4 Å². The van der Waals surface area contributed by atoms with E-state index in [1.807, 2.05) is 18.2 Å². The van der Waals surface area contributed by atoms with E-state index in [0.29, 0.717) is 13.2 Å². The Balaban J connectivity index is 2.69. The zero-order chi connectivity index (χ0) is 15.2. The molecule has 0 fully saturated rings. The predicted octanol–water partition coefficient (Wildman–Crippen LogP) is 3.00. The Hall–Kier alpha value is -1.06. The molecule has 0 unspecified atom stereocenters. The lowest BCUT2D eigenvalue weighted by Gasteiger charge is -2.36. The van der Waals surface area contributed by atoms with Crippen molar-refractivity contribution in [1.29, 1.82) is 0 Å². The topological polar surface area (TPSA) is 55.5 Å². The van der Waals surface area contributed by atoms with Gasteiger partial charge >= 0.3 is 0 Å². The number of hydrogen-bond donors (Lipinski definition) is 2. The van der Waals surface area contributed by atoms with Crippen molar-refractivity contribution >= 4 is 0 Å². The van der Waals surface area contributed by atoms with E-state index in [4.69, 9.17) is 10.5 Å². The van der Waals surface area contributed by atoms with Crippen LogP contribution in [-0.4, -0.2) is 23.9 Å². The molecule has 0 aliphatic carbocycles. The van der Waals surface area contributed by atoms with Crippen molar-refractivity contribution in [2.75, 3.05) is 13.2 Å². The fourth-order valence-corrected chi connectivity index (χ4v) is 2.56. The molecule has 0 heterocycles. The van der Waals surface area contributed by atoms with Crippen LogP contribution in [0.3, 0.4) is 0 Å². The van der Waals surface area contributed by atoms with E-state index in [1.54, 1.807) is 0 Å². The lowest BCUT2D eigenvalue weighted by molar-refractivity contribution is -0.0534. The normalized spacial score (nSPS) is 12.2. The maximum absolute atomic E-state index is 10.8. The van der Waals surface area contributed by atoms with Gasteiger partial charge in [0.05, 0.1) is 5.60 Å². The van der Waals surface area contributed by atoms with Gasteiger partial charge in [0.15, 0.2) is 0 Å². The van der Waals surface area contributed by atoms with Crippen LogP contribution in [-0.2, 0) is 6.42 Å². The highest BCUT2D eigenvalue weighted by atomic mass is 16.5. The standard InChI is InChI=1S/C17H29NO2/c1-13(2)17(19,14(3)4)9-8-15-6-5-7-16(12-15)20-11-10-18/h5-7,12-14,19H,8-11,18H2,1-4H3. The number of hydrogen-bond acceptors (Lipinski definition) is 3. The Morgan fingerprint density at radius 2 is 1.85 bits per heavy atom. The second-order valence-electron chi connectivity index (χ2n) is 6.09. The van der Waals surface area contributed by atoms with E-state index in [9.17, 15) is 5.11 Å². The second kappa shape index (κ2) is 7.65. The van der Waals surface area contributed by atoms with Gasteiger partial charge in [-0.25, -0.2) is 0 Å². The number of nitrogens with two attached hydrogens (primary N) is 1. The van der Waals surface area contributed by atoms with Gasteiger partial charge in [-0.3, -0.25) is 0 Å².